The predicted octanol–water partition coefficient (Wildman–Crippen LogP) is 4.63. The average Bonchev–Trinajstić information content (AvgIpc) is 3.19. The summed E-state index contributed by atoms with van der Waals surface area (Å²) in [6.07, 6.45) is 1.43. The third-order valence-corrected chi connectivity index (χ3v) is 7.98. The minimum absolute atomic E-state index is 0.306. The number of aryl methyl sites for hydroxylation is 2. The predicted molar refractivity (Wildman–Crippen MR) is 132 cm³/mol. The molecule has 1 aromatic heterocycles. The van der Waals surface area contributed by atoms with Gasteiger partial charge in [-0.15, -0.1) is 10.2 Å². The molecular formula is C22H26N4O3S3. The van der Waals surface area contributed by atoms with Gasteiger partial charge in [-0.25, -0.2) is 8.42 Å². The van der Waals surface area contributed by atoms with E-state index < -0.39 is 22.0 Å². The number of amides is 1. The van der Waals surface area contributed by atoms with Crippen molar-refractivity contribution in [1.29, 1.82) is 0 Å². The lowest BCUT2D eigenvalue weighted by Gasteiger charge is -2.31. The Balaban J connectivity index is 1.77. The molecule has 1 N–H and O–H groups in total. The molecule has 0 aliphatic carbocycles. The van der Waals surface area contributed by atoms with Crippen LogP contribution in [0.5, 0.6) is 0 Å². The Labute approximate surface area is 197 Å². The fourth-order valence-electron chi connectivity index (χ4n) is 3.22. The van der Waals surface area contributed by atoms with E-state index in [1.807, 2.05) is 56.3 Å². The fourth-order valence-corrected chi connectivity index (χ4v) is 6.19. The first kappa shape index (κ1) is 24.2. The molecule has 0 saturated carbocycles. The largest absolute Gasteiger partial charge is 0.299 e. The van der Waals surface area contributed by atoms with Crippen LogP contribution in [0.4, 0.5) is 10.8 Å². The van der Waals surface area contributed by atoms with Gasteiger partial charge >= 0.3 is 0 Å². The van der Waals surface area contributed by atoms with Crippen LogP contribution in [-0.4, -0.2) is 36.8 Å². The third-order valence-electron chi connectivity index (χ3n) is 4.77. The third kappa shape index (κ3) is 6.08. The number of carbonyl (C=O) groups excluding carboxylic acids is 1. The first-order chi connectivity index (χ1) is 15.2. The Kier molecular flexibility index (Phi) is 7.91. The van der Waals surface area contributed by atoms with Crippen LogP contribution < -0.4 is 9.62 Å². The summed E-state index contributed by atoms with van der Waals surface area (Å²) in [5, 5.41) is 11.3. The highest BCUT2D eigenvalue weighted by Gasteiger charge is 2.33. The van der Waals surface area contributed by atoms with Crippen LogP contribution in [0.15, 0.2) is 52.9 Å². The minimum Gasteiger partial charge on any atom is -0.299 e. The molecule has 3 aromatic rings. The summed E-state index contributed by atoms with van der Waals surface area (Å²) in [5.41, 5.74) is 3.37. The van der Waals surface area contributed by atoms with Crippen molar-refractivity contribution in [2.45, 2.75) is 43.3 Å². The molecule has 0 spiro atoms. The normalized spacial score (nSPS) is 12.4. The van der Waals surface area contributed by atoms with E-state index in [4.69, 9.17) is 0 Å². The summed E-state index contributed by atoms with van der Waals surface area (Å²) in [6.45, 7) is 5.51. The molecule has 0 unspecified atom stereocenters. The van der Waals surface area contributed by atoms with Crippen molar-refractivity contribution in [3.63, 3.8) is 0 Å². The van der Waals surface area contributed by atoms with Crippen molar-refractivity contribution in [3.8, 4) is 0 Å². The number of hydrogen-bond acceptors (Lipinski definition) is 7. The molecule has 1 atom stereocenters. The monoisotopic (exact) mass is 490 g/mol. The van der Waals surface area contributed by atoms with Crippen molar-refractivity contribution in [1.82, 2.24) is 10.2 Å². The summed E-state index contributed by atoms with van der Waals surface area (Å²) in [6, 6.07) is 14.7. The van der Waals surface area contributed by atoms with E-state index in [9.17, 15) is 13.2 Å². The number of thioether (sulfide) groups is 1. The topological polar surface area (TPSA) is 92.3 Å². The van der Waals surface area contributed by atoms with Gasteiger partial charge in [0.2, 0.25) is 21.1 Å². The number of anilines is 2. The van der Waals surface area contributed by atoms with Gasteiger partial charge in [-0.3, -0.25) is 14.4 Å². The lowest BCUT2D eigenvalue weighted by Crippen LogP contribution is -2.47. The van der Waals surface area contributed by atoms with Gasteiger partial charge in [0.05, 0.1) is 11.9 Å². The van der Waals surface area contributed by atoms with Gasteiger partial charge in [0.1, 0.15) is 6.04 Å². The lowest BCUT2D eigenvalue weighted by atomic mass is 10.1. The van der Waals surface area contributed by atoms with Crippen molar-refractivity contribution in [2.75, 3.05) is 15.9 Å². The van der Waals surface area contributed by atoms with Gasteiger partial charge in [-0.05, 0) is 43.0 Å². The molecule has 10 heteroatoms. The molecular weight excluding hydrogens is 464 g/mol. The highest BCUT2D eigenvalue weighted by Crippen LogP contribution is 2.30. The Hall–Kier alpha value is -2.43. The number of hydrogen-bond donors (Lipinski definition) is 1. The number of carbonyl (C=O) groups is 1. The van der Waals surface area contributed by atoms with E-state index in [2.05, 4.69) is 15.5 Å². The standard InChI is InChI=1S/C22H26N4O3S3/c1-5-18(26(32(4,28)29)19-13-15(2)11-12-16(19)3)20(27)23-21-24-25-22(31-21)30-14-17-9-7-6-8-10-17/h6-13,18H,5,14H2,1-4H3,(H,23,24,27)/t18-/m0/s1. The van der Waals surface area contributed by atoms with Crippen LogP contribution in [0.3, 0.4) is 0 Å². The summed E-state index contributed by atoms with van der Waals surface area (Å²) in [4.78, 5) is 13.1. The maximum Gasteiger partial charge on any atom is 0.250 e. The molecule has 1 amide bonds. The van der Waals surface area contributed by atoms with Gasteiger partial charge in [0.25, 0.3) is 0 Å². The lowest BCUT2D eigenvalue weighted by molar-refractivity contribution is -0.117. The molecule has 1 heterocycles. The molecule has 3 rings (SSSR count). The quantitative estimate of drug-likeness (QED) is 0.347. The minimum atomic E-state index is -3.70. The van der Waals surface area contributed by atoms with Crippen molar-refractivity contribution in [2.24, 2.45) is 0 Å². The first-order valence-corrected chi connectivity index (χ1v) is 13.7. The zero-order valence-corrected chi connectivity index (χ0v) is 20.9. The van der Waals surface area contributed by atoms with E-state index in [1.165, 1.54) is 33.0 Å². The maximum atomic E-state index is 13.1. The molecule has 2 aromatic carbocycles. The highest BCUT2D eigenvalue weighted by atomic mass is 32.2. The van der Waals surface area contributed by atoms with Crippen LogP contribution in [0.1, 0.15) is 30.0 Å². The number of sulfonamides is 1. The maximum absolute atomic E-state index is 13.1. The van der Waals surface area contributed by atoms with Gasteiger partial charge in [0, 0.05) is 5.75 Å². The summed E-state index contributed by atoms with van der Waals surface area (Å²) in [7, 11) is -3.70. The van der Waals surface area contributed by atoms with E-state index in [-0.39, 0.29) is 0 Å². The van der Waals surface area contributed by atoms with Crippen LogP contribution >= 0.6 is 23.1 Å². The first-order valence-electron chi connectivity index (χ1n) is 10.1. The second-order valence-corrected chi connectivity index (χ2v) is 11.5. The SMILES string of the molecule is CC[C@@H](C(=O)Nc1nnc(SCc2ccccc2)s1)N(c1cc(C)ccc1C)S(C)(=O)=O. The Morgan fingerprint density at radius 1 is 1.16 bits per heavy atom. The molecule has 0 radical (unpaired) electrons. The zero-order chi connectivity index (χ0) is 23.3. The Morgan fingerprint density at radius 3 is 2.53 bits per heavy atom. The van der Waals surface area contributed by atoms with Crippen molar-refractivity contribution < 1.29 is 13.2 Å². The van der Waals surface area contributed by atoms with Crippen LogP contribution in [0.2, 0.25) is 0 Å². The van der Waals surface area contributed by atoms with Crippen molar-refractivity contribution >= 4 is 49.8 Å². The molecule has 170 valence electrons. The number of nitrogens with zero attached hydrogens (tertiary/aromatic N) is 3. The van der Waals surface area contributed by atoms with E-state index in [0.717, 1.165) is 27.5 Å². The number of rotatable bonds is 9. The molecule has 0 aliphatic heterocycles. The van der Waals surface area contributed by atoms with Crippen molar-refractivity contribution in [3.05, 3.63) is 65.2 Å². The smallest absolute Gasteiger partial charge is 0.250 e. The fraction of sp³-hybridized carbons (Fsp3) is 0.318. The number of aromatic nitrogens is 2. The van der Waals surface area contributed by atoms with Gasteiger partial charge in [0.15, 0.2) is 4.34 Å². The van der Waals surface area contributed by atoms with Gasteiger partial charge in [-0.1, -0.05) is 72.5 Å². The zero-order valence-electron chi connectivity index (χ0n) is 18.4. The van der Waals surface area contributed by atoms with E-state index in [1.54, 1.807) is 13.0 Å². The summed E-state index contributed by atoms with van der Waals surface area (Å²) in [5.74, 6) is 0.310. The molecule has 0 aliphatic rings. The molecule has 7 nitrogen and oxygen atoms in total. The average molecular weight is 491 g/mol. The number of benzene rings is 2. The number of nitrogens with one attached hydrogen (secondary N) is 1. The second kappa shape index (κ2) is 10.5. The van der Waals surface area contributed by atoms with Crippen LogP contribution in [0, 0.1) is 13.8 Å². The van der Waals surface area contributed by atoms with Crippen LogP contribution in [-0.2, 0) is 20.6 Å². The second-order valence-electron chi connectivity index (χ2n) is 7.41. The van der Waals surface area contributed by atoms with Crippen LogP contribution in [0.25, 0.3) is 0 Å². The molecule has 0 saturated heterocycles. The summed E-state index contributed by atoms with van der Waals surface area (Å²) < 4.78 is 27.3. The van der Waals surface area contributed by atoms with Gasteiger partial charge in [-0.2, -0.15) is 0 Å². The molecule has 32 heavy (non-hydrogen) atoms. The van der Waals surface area contributed by atoms with Gasteiger partial charge < -0.3 is 0 Å². The Bertz CT molecular complexity index is 1180. The molecule has 0 bridgehead atoms. The van der Waals surface area contributed by atoms with E-state index in [0.29, 0.717) is 17.2 Å². The highest BCUT2D eigenvalue weighted by molar-refractivity contribution is 8.00. The van der Waals surface area contributed by atoms with E-state index >= 15 is 0 Å². The summed E-state index contributed by atoms with van der Waals surface area (Å²) >= 11 is 2.80. The molecule has 0 fully saturated rings. The Morgan fingerprint density at radius 2 is 1.88 bits per heavy atom.